The van der Waals surface area contributed by atoms with Crippen LogP contribution in [0.25, 0.3) is 11.4 Å². The first-order chi connectivity index (χ1) is 12.8. The van der Waals surface area contributed by atoms with Gasteiger partial charge in [-0.3, -0.25) is 4.79 Å². The zero-order valence-electron chi connectivity index (χ0n) is 14.8. The number of aromatic nitrogens is 4. The third-order valence-corrected chi connectivity index (χ3v) is 4.59. The molecule has 0 spiro atoms. The molecule has 146 valence electrons. The summed E-state index contributed by atoms with van der Waals surface area (Å²) in [4.78, 5) is 24.8. The standard InChI is InChI=1S/C17H21F3N6O/c1-26-10-21-8-14(26)13-6-7-22-15(25-13)16(27)24-12-4-2-11(3-5-12)23-9-17(18,19)20/h6-8,10-12,23H,2-5,9H2,1H3,(H,24,27). The van der Waals surface area contributed by atoms with Gasteiger partial charge in [0.1, 0.15) is 0 Å². The van der Waals surface area contributed by atoms with Gasteiger partial charge in [-0.1, -0.05) is 0 Å². The lowest BCUT2D eigenvalue weighted by Gasteiger charge is -2.29. The number of hydrogen-bond donors (Lipinski definition) is 2. The molecule has 0 bridgehead atoms. The van der Waals surface area contributed by atoms with E-state index in [1.165, 1.54) is 6.20 Å². The molecule has 0 radical (unpaired) electrons. The van der Waals surface area contributed by atoms with Crippen molar-refractivity contribution in [3.63, 3.8) is 0 Å². The minimum absolute atomic E-state index is 0.0611. The molecule has 10 heteroatoms. The number of halogens is 3. The van der Waals surface area contributed by atoms with Crippen molar-refractivity contribution in [1.82, 2.24) is 30.2 Å². The Morgan fingerprint density at radius 3 is 2.59 bits per heavy atom. The average molecular weight is 382 g/mol. The van der Waals surface area contributed by atoms with E-state index in [2.05, 4.69) is 25.6 Å². The molecule has 3 rings (SSSR count). The first kappa shape index (κ1) is 19.3. The fraction of sp³-hybridized carbons (Fsp3) is 0.529. The summed E-state index contributed by atoms with van der Waals surface area (Å²) < 4.78 is 38.6. The largest absolute Gasteiger partial charge is 0.401 e. The van der Waals surface area contributed by atoms with Gasteiger partial charge >= 0.3 is 6.18 Å². The lowest BCUT2D eigenvalue weighted by atomic mass is 9.91. The second kappa shape index (κ2) is 8.03. The first-order valence-corrected chi connectivity index (χ1v) is 8.72. The predicted molar refractivity (Wildman–Crippen MR) is 91.8 cm³/mol. The number of hydrogen-bond acceptors (Lipinski definition) is 5. The summed E-state index contributed by atoms with van der Waals surface area (Å²) in [7, 11) is 1.83. The fourth-order valence-electron chi connectivity index (χ4n) is 3.17. The molecule has 1 amide bonds. The lowest BCUT2D eigenvalue weighted by Crippen LogP contribution is -2.44. The summed E-state index contributed by atoms with van der Waals surface area (Å²) in [5.74, 6) is -0.322. The summed E-state index contributed by atoms with van der Waals surface area (Å²) in [5, 5.41) is 5.40. The van der Waals surface area contributed by atoms with Crippen molar-refractivity contribution in [2.75, 3.05) is 6.54 Å². The van der Waals surface area contributed by atoms with Crippen LogP contribution in [0.2, 0.25) is 0 Å². The average Bonchev–Trinajstić information content (AvgIpc) is 3.06. The molecule has 2 N–H and O–H groups in total. The predicted octanol–water partition coefficient (Wildman–Crippen LogP) is 2.07. The van der Waals surface area contributed by atoms with Gasteiger partial charge in [0.2, 0.25) is 5.82 Å². The molecule has 1 aliphatic rings. The minimum atomic E-state index is -4.21. The summed E-state index contributed by atoms with van der Waals surface area (Å²) in [6.07, 6.45) is 2.99. The molecule has 0 saturated heterocycles. The van der Waals surface area contributed by atoms with Crippen molar-refractivity contribution in [3.05, 3.63) is 30.6 Å². The third kappa shape index (κ3) is 5.25. The van der Waals surface area contributed by atoms with Gasteiger partial charge in [0, 0.05) is 25.3 Å². The Balaban J connectivity index is 1.54. The van der Waals surface area contributed by atoms with Gasteiger partial charge in [0.15, 0.2) is 0 Å². The number of imidazole rings is 1. The van der Waals surface area contributed by atoms with Crippen molar-refractivity contribution in [3.8, 4) is 11.4 Å². The van der Waals surface area contributed by atoms with Crippen molar-refractivity contribution in [1.29, 1.82) is 0 Å². The Morgan fingerprint density at radius 2 is 1.96 bits per heavy atom. The molecule has 2 aromatic heterocycles. The van der Waals surface area contributed by atoms with Crippen molar-refractivity contribution >= 4 is 5.91 Å². The van der Waals surface area contributed by atoms with E-state index in [1.54, 1.807) is 23.2 Å². The SMILES string of the molecule is Cn1cncc1-c1ccnc(C(=O)NC2CCC(NCC(F)(F)F)CC2)n1. The highest BCUT2D eigenvalue weighted by Gasteiger charge is 2.30. The number of aryl methyl sites for hydroxylation is 1. The lowest BCUT2D eigenvalue weighted by molar-refractivity contribution is -0.126. The number of carbonyl (C=O) groups excluding carboxylic acids is 1. The highest BCUT2D eigenvalue weighted by Crippen LogP contribution is 2.21. The normalized spacial score (nSPS) is 20.4. The maximum Gasteiger partial charge on any atom is 0.401 e. The van der Waals surface area contributed by atoms with Crippen LogP contribution in [0.1, 0.15) is 36.3 Å². The van der Waals surface area contributed by atoms with E-state index < -0.39 is 12.7 Å². The molecule has 7 nitrogen and oxygen atoms in total. The van der Waals surface area contributed by atoms with E-state index in [1.807, 2.05) is 7.05 Å². The molecular formula is C17H21F3N6O. The molecule has 0 atom stereocenters. The number of nitrogens with zero attached hydrogens (tertiary/aromatic N) is 4. The highest BCUT2D eigenvalue weighted by molar-refractivity contribution is 5.91. The Kier molecular flexibility index (Phi) is 5.73. The van der Waals surface area contributed by atoms with Crippen LogP contribution in [0, 0.1) is 0 Å². The fourth-order valence-corrected chi connectivity index (χ4v) is 3.17. The molecule has 0 aliphatic heterocycles. The van der Waals surface area contributed by atoms with E-state index in [9.17, 15) is 18.0 Å². The number of nitrogens with one attached hydrogen (secondary N) is 2. The number of rotatable bonds is 5. The summed E-state index contributed by atoms with van der Waals surface area (Å²) >= 11 is 0. The molecule has 0 aromatic carbocycles. The molecule has 1 aliphatic carbocycles. The van der Waals surface area contributed by atoms with Gasteiger partial charge in [-0.25, -0.2) is 15.0 Å². The second-order valence-electron chi connectivity index (χ2n) is 6.67. The Bertz CT molecular complexity index is 783. The van der Waals surface area contributed by atoms with E-state index in [4.69, 9.17) is 0 Å². The Hall–Kier alpha value is -2.49. The molecular weight excluding hydrogens is 361 g/mol. The zero-order chi connectivity index (χ0) is 19.4. The number of amides is 1. The first-order valence-electron chi connectivity index (χ1n) is 8.72. The molecule has 0 unspecified atom stereocenters. The van der Waals surface area contributed by atoms with Crippen molar-refractivity contribution in [2.24, 2.45) is 7.05 Å². The van der Waals surface area contributed by atoms with Crippen LogP contribution >= 0.6 is 0 Å². The third-order valence-electron chi connectivity index (χ3n) is 4.59. The van der Waals surface area contributed by atoms with E-state index in [0.717, 1.165) is 5.69 Å². The Labute approximate surface area is 154 Å². The summed E-state index contributed by atoms with van der Waals surface area (Å²) in [5.41, 5.74) is 1.36. The maximum atomic E-state index is 12.4. The molecule has 27 heavy (non-hydrogen) atoms. The van der Waals surface area contributed by atoms with Crippen LogP contribution in [0.4, 0.5) is 13.2 Å². The van der Waals surface area contributed by atoms with Gasteiger partial charge in [0.25, 0.3) is 5.91 Å². The quantitative estimate of drug-likeness (QED) is 0.827. The van der Waals surface area contributed by atoms with Gasteiger partial charge in [-0.05, 0) is 31.7 Å². The van der Waals surface area contributed by atoms with Crippen LogP contribution in [-0.4, -0.2) is 50.2 Å². The van der Waals surface area contributed by atoms with Gasteiger partial charge < -0.3 is 15.2 Å². The van der Waals surface area contributed by atoms with Crippen LogP contribution < -0.4 is 10.6 Å². The van der Waals surface area contributed by atoms with Crippen molar-refractivity contribution < 1.29 is 18.0 Å². The summed E-state index contributed by atoms with van der Waals surface area (Å²) in [6, 6.07) is 1.43. The maximum absolute atomic E-state index is 12.4. The van der Waals surface area contributed by atoms with E-state index >= 15 is 0 Å². The van der Waals surface area contributed by atoms with Crippen LogP contribution in [0.15, 0.2) is 24.8 Å². The van der Waals surface area contributed by atoms with Gasteiger partial charge in [0.05, 0.1) is 30.5 Å². The van der Waals surface area contributed by atoms with E-state index in [0.29, 0.717) is 31.4 Å². The van der Waals surface area contributed by atoms with Crippen LogP contribution in [-0.2, 0) is 7.05 Å². The molecule has 2 heterocycles. The minimum Gasteiger partial charge on any atom is -0.347 e. The Morgan fingerprint density at radius 1 is 1.26 bits per heavy atom. The number of carbonyl (C=O) groups is 1. The summed E-state index contributed by atoms with van der Waals surface area (Å²) in [6.45, 7) is -0.983. The zero-order valence-corrected chi connectivity index (χ0v) is 14.8. The monoisotopic (exact) mass is 382 g/mol. The number of alkyl halides is 3. The van der Waals surface area contributed by atoms with Gasteiger partial charge in [-0.2, -0.15) is 13.2 Å². The second-order valence-corrected chi connectivity index (χ2v) is 6.67. The molecule has 2 aromatic rings. The topological polar surface area (TPSA) is 84.7 Å². The van der Waals surface area contributed by atoms with Gasteiger partial charge in [-0.15, -0.1) is 0 Å². The molecule has 1 saturated carbocycles. The van der Waals surface area contributed by atoms with Crippen LogP contribution in [0.3, 0.4) is 0 Å². The van der Waals surface area contributed by atoms with E-state index in [-0.39, 0.29) is 23.8 Å². The smallest absolute Gasteiger partial charge is 0.347 e. The van der Waals surface area contributed by atoms with Crippen LogP contribution in [0.5, 0.6) is 0 Å². The highest BCUT2D eigenvalue weighted by atomic mass is 19.4. The van der Waals surface area contributed by atoms with Crippen molar-refractivity contribution in [2.45, 2.75) is 43.9 Å². The molecule has 1 fully saturated rings.